The first-order valence-electron chi connectivity index (χ1n) is 4.17. The first kappa shape index (κ1) is 16.0. The Bertz CT molecular complexity index is 202. The zero-order valence-corrected chi connectivity index (χ0v) is 8.96. The average molecular weight is 185 g/mol. The van der Waals surface area contributed by atoms with Crippen molar-refractivity contribution in [1.82, 2.24) is 5.32 Å². The number of aromatic hydroxyl groups is 1. The average Bonchev–Trinajstić information content (AvgIpc) is 2.06. The predicted octanol–water partition coefficient (Wildman–Crippen LogP) is -1.17. The van der Waals surface area contributed by atoms with E-state index in [-0.39, 0.29) is 18.9 Å². The molecule has 14 heavy (non-hydrogen) atoms. The number of phenolic OH excluding ortho intramolecular Hbond substituents is 1. The minimum Gasteiger partial charge on any atom is -0.533 e. The van der Waals surface area contributed by atoms with Gasteiger partial charge in [0, 0.05) is 5.75 Å². The van der Waals surface area contributed by atoms with Crippen LogP contribution in [0.5, 0.6) is 5.75 Å². The number of phenols is 1. The van der Waals surface area contributed by atoms with Crippen molar-refractivity contribution in [3.63, 3.8) is 0 Å². The van der Waals surface area contributed by atoms with Crippen LogP contribution >= 0.6 is 0 Å². The molecule has 0 bridgehead atoms. The third kappa shape index (κ3) is 11.6. The quantitative estimate of drug-likeness (QED) is 0.449. The molecule has 2 nitrogen and oxygen atoms in total. The summed E-state index contributed by atoms with van der Waals surface area (Å²) in [5.41, 5.74) is 0. The van der Waals surface area contributed by atoms with Gasteiger partial charge in [0.2, 0.25) is 0 Å². The maximum absolute atomic E-state index is 8.61. The molecule has 1 rings (SSSR count). The van der Waals surface area contributed by atoms with Gasteiger partial charge in [0.1, 0.15) is 0 Å². The monoisotopic (exact) mass is 185 g/mol. The fourth-order valence-electron chi connectivity index (χ4n) is 0.624. The van der Waals surface area contributed by atoms with Crippen molar-refractivity contribution in [2.45, 2.75) is 13.0 Å². The van der Waals surface area contributed by atoms with E-state index in [0.717, 1.165) is 6.54 Å². The summed E-state index contributed by atoms with van der Waals surface area (Å²) in [6.45, 7) is 10.0. The van der Waals surface area contributed by atoms with Crippen LogP contribution in [-0.2, 0) is 0 Å². The zero-order valence-electron chi connectivity index (χ0n) is 8.96. The van der Waals surface area contributed by atoms with Crippen molar-refractivity contribution in [2.75, 3.05) is 6.54 Å². The first-order valence-corrected chi connectivity index (χ1v) is 4.17. The van der Waals surface area contributed by atoms with Crippen LogP contribution in [0.1, 0.15) is 6.92 Å². The SMILES string of the molecule is Oc1cc[c-]cc1.[CH2-]CN[C@H]([CH2-])C.[Li+]. The summed E-state index contributed by atoms with van der Waals surface area (Å²) in [6.07, 6.45) is 0. The van der Waals surface area contributed by atoms with Crippen LogP contribution in [0.25, 0.3) is 0 Å². The third-order valence-corrected chi connectivity index (χ3v) is 1.19. The Morgan fingerprint density at radius 2 is 2.00 bits per heavy atom. The van der Waals surface area contributed by atoms with Gasteiger partial charge in [-0.25, -0.2) is 0 Å². The third-order valence-electron chi connectivity index (χ3n) is 1.19. The fraction of sp³-hybridized carbons (Fsp3) is 0.273. The molecule has 0 aliphatic carbocycles. The van der Waals surface area contributed by atoms with Crippen LogP contribution in [0.2, 0.25) is 0 Å². The van der Waals surface area contributed by atoms with Crippen molar-refractivity contribution in [2.24, 2.45) is 0 Å². The van der Waals surface area contributed by atoms with E-state index in [9.17, 15) is 0 Å². The van der Waals surface area contributed by atoms with Crippen molar-refractivity contribution in [3.05, 3.63) is 44.2 Å². The molecular formula is C11H16LiNO-2. The van der Waals surface area contributed by atoms with E-state index in [2.05, 4.69) is 25.2 Å². The number of hydrogen-bond donors (Lipinski definition) is 2. The topological polar surface area (TPSA) is 32.3 Å². The molecule has 2 N–H and O–H groups in total. The second-order valence-corrected chi connectivity index (χ2v) is 2.61. The van der Waals surface area contributed by atoms with Gasteiger partial charge in [0.25, 0.3) is 0 Å². The number of hydrogen-bond acceptors (Lipinski definition) is 2. The van der Waals surface area contributed by atoms with Crippen molar-refractivity contribution < 1.29 is 24.0 Å². The largest absolute Gasteiger partial charge is 1.00 e. The Kier molecular flexibility index (Phi) is 12.2. The van der Waals surface area contributed by atoms with Crippen molar-refractivity contribution >= 4 is 0 Å². The molecule has 74 valence electrons. The summed E-state index contributed by atoms with van der Waals surface area (Å²) in [7, 11) is 0. The molecule has 0 amide bonds. The minimum atomic E-state index is 0. The summed E-state index contributed by atoms with van der Waals surface area (Å²) in [6, 6.07) is 9.60. The molecule has 0 heterocycles. The summed E-state index contributed by atoms with van der Waals surface area (Å²) in [5.74, 6) is 0.291. The Morgan fingerprint density at radius 3 is 2.14 bits per heavy atom. The Hall–Kier alpha value is -0.423. The van der Waals surface area contributed by atoms with E-state index >= 15 is 0 Å². The summed E-state index contributed by atoms with van der Waals surface area (Å²) >= 11 is 0. The van der Waals surface area contributed by atoms with E-state index in [0.29, 0.717) is 11.8 Å². The summed E-state index contributed by atoms with van der Waals surface area (Å²) in [4.78, 5) is 0. The van der Waals surface area contributed by atoms with Crippen LogP contribution in [0.15, 0.2) is 24.3 Å². The van der Waals surface area contributed by atoms with Crippen LogP contribution in [0.4, 0.5) is 0 Å². The standard InChI is InChI=1S/C6H5O.C5H11N.Li/c7-6-4-2-1-3-5-6;1-4-6-5(2)3;/h2-5,7H;5-6H,1-2,4H2,3H3;/q-1;-2;+1/t;5-;/m.1./s1. The second kappa shape index (κ2) is 10.7. The second-order valence-electron chi connectivity index (χ2n) is 2.61. The molecule has 1 aromatic carbocycles. The molecule has 0 saturated heterocycles. The minimum absolute atomic E-state index is 0. The van der Waals surface area contributed by atoms with Gasteiger partial charge in [-0.3, -0.25) is 0 Å². The summed E-state index contributed by atoms with van der Waals surface area (Å²) < 4.78 is 0. The van der Waals surface area contributed by atoms with Crippen molar-refractivity contribution in [3.8, 4) is 5.75 Å². The molecule has 0 unspecified atom stereocenters. The van der Waals surface area contributed by atoms with E-state index in [1.54, 1.807) is 24.3 Å². The molecule has 1 aromatic rings. The van der Waals surface area contributed by atoms with Gasteiger partial charge in [0.15, 0.2) is 0 Å². The van der Waals surface area contributed by atoms with Gasteiger partial charge in [-0.1, -0.05) is 6.92 Å². The number of benzene rings is 1. The number of nitrogens with one attached hydrogen (secondary N) is 1. The first-order chi connectivity index (χ1) is 6.16. The molecule has 0 saturated carbocycles. The van der Waals surface area contributed by atoms with E-state index in [1.807, 2.05) is 6.92 Å². The van der Waals surface area contributed by atoms with Gasteiger partial charge in [-0.05, 0) is 0 Å². The van der Waals surface area contributed by atoms with Crippen molar-refractivity contribution in [1.29, 1.82) is 0 Å². The van der Waals surface area contributed by atoms with Crippen LogP contribution in [0, 0.1) is 19.9 Å². The van der Waals surface area contributed by atoms with Gasteiger partial charge in [-0.15, -0.1) is 24.7 Å². The molecule has 3 heteroatoms. The molecule has 1 atom stereocenters. The molecule has 0 radical (unpaired) electrons. The molecular weight excluding hydrogens is 169 g/mol. The van der Waals surface area contributed by atoms with E-state index in [4.69, 9.17) is 5.11 Å². The van der Waals surface area contributed by atoms with Gasteiger partial charge < -0.3 is 24.3 Å². The van der Waals surface area contributed by atoms with Gasteiger partial charge >= 0.3 is 18.9 Å². The maximum Gasteiger partial charge on any atom is 1.00 e. The number of rotatable bonds is 2. The smallest absolute Gasteiger partial charge is 0.533 e. The Morgan fingerprint density at radius 1 is 1.50 bits per heavy atom. The Labute approximate surface area is 98.9 Å². The van der Waals surface area contributed by atoms with E-state index in [1.165, 1.54) is 0 Å². The molecule has 0 aliphatic rings. The normalized spacial score (nSPS) is 10.5. The van der Waals surface area contributed by atoms with E-state index < -0.39 is 0 Å². The van der Waals surface area contributed by atoms with Crippen LogP contribution in [-0.4, -0.2) is 17.7 Å². The van der Waals surface area contributed by atoms with Gasteiger partial charge in [-0.2, -0.15) is 18.2 Å². The van der Waals surface area contributed by atoms with Gasteiger partial charge in [0.05, 0.1) is 0 Å². The molecule has 0 aliphatic heterocycles. The van der Waals surface area contributed by atoms with Crippen LogP contribution < -0.4 is 24.2 Å². The van der Waals surface area contributed by atoms with Crippen LogP contribution in [0.3, 0.4) is 0 Å². The fourth-order valence-corrected chi connectivity index (χ4v) is 0.624. The molecule has 0 spiro atoms. The molecule has 0 fully saturated rings. The Balaban J connectivity index is 0. The molecule has 0 aromatic heterocycles. The predicted molar refractivity (Wildman–Crippen MR) is 55.1 cm³/mol. The summed E-state index contributed by atoms with van der Waals surface area (Å²) in [5, 5.41) is 11.6. The zero-order chi connectivity index (χ0) is 10.1. The maximum atomic E-state index is 8.61.